The van der Waals surface area contributed by atoms with Crippen molar-refractivity contribution < 1.29 is 28.3 Å². The largest absolute Gasteiger partial charge is 0.444 e. The summed E-state index contributed by atoms with van der Waals surface area (Å²) in [4.78, 5) is 42.9. The number of hydrogen-bond donors (Lipinski definition) is 1. The predicted octanol–water partition coefficient (Wildman–Crippen LogP) is 9.86. The lowest BCUT2D eigenvalue weighted by Gasteiger charge is -2.40. The molecular formula is C36H49BrN2O6Si. The van der Waals surface area contributed by atoms with Crippen LogP contribution in [-0.4, -0.2) is 44.2 Å². The number of benzene rings is 2. The number of para-hydroxylation sites is 1. The standard InChI is InChI=1S/C36H49BrN2O6Si/c1-13-26(25-20-19-24(37)23-28(25)38-31(41)44-33(3,4)5)36(21-22-43-46(11,12)34(6,7)8)27-17-15-16-18-29(27)39(30(36)40)32(42)45-35(9,10)14-2/h13-20,23,26H,1-2,21-22H2,3-12H3,(H,38,41). The number of anilines is 2. The summed E-state index contributed by atoms with van der Waals surface area (Å²) in [7, 11) is -2.22. The molecule has 1 heterocycles. The molecule has 1 N–H and O–H groups in total. The van der Waals surface area contributed by atoms with Crippen molar-refractivity contribution in [1.29, 1.82) is 0 Å². The highest BCUT2D eigenvalue weighted by Gasteiger charge is 2.58. The molecule has 0 spiro atoms. The highest BCUT2D eigenvalue weighted by Crippen LogP contribution is 2.54. The van der Waals surface area contributed by atoms with Crippen molar-refractivity contribution in [2.24, 2.45) is 0 Å². The number of ether oxygens (including phenoxy) is 2. The molecule has 0 saturated carbocycles. The van der Waals surface area contributed by atoms with E-state index < -0.39 is 48.9 Å². The zero-order chi connectivity index (χ0) is 34.9. The van der Waals surface area contributed by atoms with Crippen LogP contribution >= 0.6 is 15.9 Å². The number of nitrogens with one attached hydrogen (secondary N) is 1. The van der Waals surface area contributed by atoms with E-state index in [1.165, 1.54) is 6.08 Å². The van der Waals surface area contributed by atoms with Gasteiger partial charge in [0, 0.05) is 22.7 Å². The van der Waals surface area contributed by atoms with Crippen molar-refractivity contribution in [3.63, 3.8) is 0 Å². The third-order valence-electron chi connectivity index (χ3n) is 8.75. The van der Waals surface area contributed by atoms with Gasteiger partial charge in [0.2, 0.25) is 5.91 Å². The molecule has 46 heavy (non-hydrogen) atoms. The van der Waals surface area contributed by atoms with Crippen LogP contribution in [0.3, 0.4) is 0 Å². The fraction of sp³-hybridized carbons (Fsp3) is 0.472. The molecule has 0 fully saturated rings. The summed E-state index contributed by atoms with van der Waals surface area (Å²) in [5.41, 5.74) is -0.943. The number of hydrogen-bond acceptors (Lipinski definition) is 6. The van der Waals surface area contributed by atoms with Crippen molar-refractivity contribution in [1.82, 2.24) is 0 Å². The number of carbonyl (C=O) groups excluding carboxylic acids is 3. The van der Waals surface area contributed by atoms with Crippen molar-refractivity contribution in [3.8, 4) is 0 Å². The molecule has 1 aliphatic rings. The molecule has 0 aliphatic carbocycles. The molecule has 3 amide bonds. The summed E-state index contributed by atoms with van der Waals surface area (Å²) in [5.74, 6) is -1.17. The number of imide groups is 1. The van der Waals surface area contributed by atoms with Gasteiger partial charge in [-0.2, -0.15) is 0 Å². The van der Waals surface area contributed by atoms with Gasteiger partial charge in [-0.25, -0.2) is 14.5 Å². The highest BCUT2D eigenvalue weighted by atomic mass is 79.9. The lowest BCUT2D eigenvalue weighted by atomic mass is 9.66. The Labute approximate surface area is 283 Å². The van der Waals surface area contributed by atoms with Gasteiger partial charge in [0.25, 0.3) is 0 Å². The van der Waals surface area contributed by atoms with E-state index in [1.54, 1.807) is 58.9 Å². The minimum absolute atomic E-state index is 0.0576. The van der Waals surface area contributed by atoms with Gasteiger partial charge < -0.3 is 13.9 Å². The van der Waals surface area contributed by atoms with Crippen molar-refractivity contribution in [3.05, 3.63) is 83.4 Å². The molecule has 250 valence electrons. The first-order chi connectivity index (χ1) is 21.1. The molecule has 2 atom stereocenters. The first-order valence-electron chi connectivity index (χ1n) is 15.5. The molecule has 0 radical (unpaired) electrons. The van der Waals surface area contributed by atoms with Crippen LogP contribution in [0.25, 0.3) is 0 Å². The first kappa shape index (κ1) is 37.2. The Morgan fingerprint density at radius 2 is 1.65 bits per heavy atom. The second kappa shape index (κ2) is 13.5. The molecule has 3 rings (SSSR count). The van der Waals surface area contributed by atoms with Crippen LogP contribution in [-0.2, 0) is 24.1 Å². The van der Waals surface area contributed by atoms with Gasteiger partial charge in [0.05, 0.1) is 11.1 Å². The monoisotopic (exact) mass is 712 g/mol. The summed E-state index contributed by atoms with van der Waals surface area (Å²) < 4.78 is 18.7. The topological polar surface area (TPSA) is 94.2 Å². The summed E-state index contributed by atoms with van der Waals surface area (Å²) >= 11 is 3.52. The maximum Gasteiger partial charge on any atom is 0.422 e. The normalized spacial score (nSPS) is 17.6. The second-order valence-corrected chi connectivity index (χ2v) is 20.5. The van der Waals surface area contributed by atoms with Crippen LogP contribution in [0.15, 0.2) is 72.2 Å². The van der Waals surface area contributed by atoms with Crippen LogP contribution in [0.1, 0.15) is 78.9 Å². The Kier molecular flexibility index (Phi) is 10.9. The van der Waals surface area contributed by atoms with E-state index in [2.05, 4.69) is 68.3 Å². The first-order valence-corrected chi connectivity index (χ1v) is 19.2. The average Bonchev–Trinajstić information content (AvgIpc) is 3.16. The number of nitrogens with zero attached hydrogens (tertiary/aromatic N) is 1. The van der Waals surface area contributed by atoms with E-state index >= 15 is 4.79 Å². The average molecular weight is 714 g/mol. The second-order valence-electron chi connectivity index (χ2n) is 14.7. The van der Waals surface area contributed by atoms with Gasteiger partial charge >= 0.3 is 12.2 Å². The van der Waals surface area contributed by atoms with Gasteiger partial charge in [-0.3, -0.25) is 10.1 Å². The summed E-state index contributed by atoms with van der Waals surface area (Å²) in [6, 6.07) is 12.7. The van der Waals surface area contributed by atoms with Crippen LogP contribution in [0.5, 0.6) is 0 Å². The number of carbonyl (C=O) groups is 3. The molecule has 1 aliphatic heterocycles. The third-order valence-corrected chi connectivity index (χ3v) is 13.8. The van der Waals surface area contributed by atoms with Crippen molar-refractivity contribution in [2.75, 3.05) is 16.8 Å². The van der Waals surface area contributed by atoms with Gasteiger partial charge in [0.15, 0.2) is 8.32 Å². The van der Waals surface area contributed by atoms with Crippen LogP contribution in [0.2, 0.25) is 18.1 Å². The Hall–Kier alpha value is -3.21. The number of halogens is 1. The van der Waals surface area contributed by atoms with Crippen molar-refractivity contribution in [2.45, 2.75) is 102 Å². The van der Waals surface area contributed by atoms with Crippen LogP contribution < -0.4 is 10.2 Å². The smallest absolute Gasteiger partial charge is 0.422 e. The molecule has 2 unspecified atom stereocenters. The number of allylic oxidation sites excluding steroid dienone is 1. The molecule has 8 nitrogen and oxygen atoms in total. The Bertz CT molecular complexity index is 1510. The van der Waals surface area contributed by atoms with Crippen LogP contribution in [0, 0.1) is 0 Å². The predicted molar refractivity (Wildman–Crippen MR) is 191 cm³/mol. The maximum atomic E-state index is 15.0. The number of fused-ring (bicyclic) bond motifs is 1. The zero-order valence-corrected chi connectivity index (χ0v) is 31.5. The van der Waals surface area contributed by atoms with E-state index in [9.17, 15) is 9.59 Å². The summed E-state index contributed by atoms with van der Waals surface area (Å²) in [6.45, 7) is 27.8. The Balaban J connectivity index is 2.26. The molecule has 10 heteroatoms. The van der Waals surface area contributed by atoms with Gasteiger partial charge in [0.1, 0.15) is 11.2 Å². The van der Waals surface area contributed by atoms with E-state index in [1.807, 2.05) is 24.3 Å². The minimum Gasteiger partial charge on any atom is -0.444 e. The van der Waals surface area contributed by atoms with Crippen LogP contribution in [0.4, 0.5) is 21.0 Å². The Morgan fingerprint density at radius 3 is 2.22 bits per heavy atom. The quantitative estimate of drug-likeness (QED) is 0.195. The highest BCUT2D eigenvalue weighted by molar-refractivity contribution is 9.10. The number of amides is 3. The lowest BCUT2D eigenvalue weighted by Crippen LogP contribution is -2.49. The molecular weight excluding hydrogens is 664 g/mol. The Morgan fingerprint density at radius 1 is 1.02 bits per heavy atom. The van der Waals surface area contributed by atoms with Crippen molar-refractivity contribution >= 4 is 53.7 Å². The third kappa shape index (κ3) is 7.83. The molecule has 2 aromatic rings. The summed E-state index contributed by atoms with van der Waals surface area (Å²) in [6.07, 6.45) is 2.01. The van der Waals surface area contributed by atoms with E-state index in [4.69, 9.17) is 13.9 Å². The van der Waals surface area contributed by atoms with Gasteiger partial charge in [-0.1, -0.05) is 73.6 Å². The fourth-order valence-corrected chi connectivity index (χ4v) is 6.67. The molecule has 2 aromatic carbocycles. The fourth-order valence-electron chi connectivity index (χ4n) is 5.26. The van der Waals surface area contributed by atoms with E-state index in [-0.39, 0.29) is 18.1 Å². The molecule has 0 bridgehead atoms. The van der Waals surface area contributed by atoms with E-state index in [0.717, 1.165) is 9.37 Å². The zero-order valence-electron chi connectivity index (χ0n) is 28.9. The number of rotatable bonds is 10. The molecule has 0 aromatic heterocycles. The maximum absolute atomic E-state index is 15.0. The van der Waals surface area contributed by atoms with Gasteiger partial charge in [-0.05, 0) is 94.6 Å². The van der Waals surface area contributed by atoms with E-state index in [0.29, 0.717) is 22.5 Å². The lowest BCUT2D eigenvalue weighted by molar-refractivity contribution is -0.124. The molecule has 0 saturated heterocycles. The minimum atomic E-state index is -2.22. The van der Waals surface area contributed by atoms with Gasteiger partial charge in [-0.15, -0.1) is 6.58 Å². The SMILES string of the molecule is C=CC(c1ccc(Br)cc1NC(=O)OC(C)(C)C)C1(CCO[Si](C)(C)C(C)(C)C)C(=O)N(C(=O)OC(C)(C)C=C)c2ccccc21. The summed E-state index contributed by atoms with van der Waals surface area (Å²) in [5, 5.41) is 2.83.